The Balaban J connectivity index is 0.00000361. The molecular weight excluding hydrogens is 280 g/mol. The maximum Gasteiger partial charge on any atom is 0.224 e. The van der Waals surface area contributed by atoms with Gasteiger partial charge in [0.15, 0.2) is 0 Å². The molecular formula is C14H23ClN2O3. The summed E-state index contributed by atoms with van der Waals surface area (Å²) in [6, 6.07) is 7.33. The Hall–Kier alpha value is -1.30. The number of hydrogen-bond acceptors (Lipinski definition) is 4. The SMILES string of the molecule is CNCCCC(=O)Nc1ccc(OCCOC)cc1.Cl. The van der Waals surface area contributed by atoms with E-state index in [9.17, 15) is 4.79 Å². The number of carbonyl (C=O) groups excluding carboxylic acids is 1. The number of benzene rings is 1. The van der Waals surface area contributed by atoms with Gasteiger partial charge in [-0.15, -0.1) is 12.4 Å². The average Bonchev–Trinajstić information content (AvgIpc) is 2.41. The highest BCUT2D eigenvalue weighted by Gasteiger charge is 2.02. The highest BCUT2D eigenvalue weighted by atomic mass is 35.5. The Labute approximate surface area is 126 Å². The Bertz CT molecular complexity index is 371. The molecule has 20 heavy (non-hydrogen) atoms. The highest BCUT2D eigenvalue weighted by Crippen LogP contribution is 2.15. The zero-order chi connectivity index (χ0) is 13.9. The summed E-state index contributed by atoms with van der Waals surface area (Å²) in [6.45, 7) is 1.93. The summed E-state index contributed by atoms with van der Waals surface area (Å²) in [5.74, 6) is 0.800. The molecule has 1 rings (SSSR count). The number of amides is 1. The van der Waals surface area contributed by atoms with E-state index < -0.39 is 0 Å². The predicted octanol–water partition coefficient (Wildman–Crippen LogP) is 2.07. The lowest BCUT2D eigenvalue weighted by atomic mass is 10.2. The zero-order valence-electron chi connectivity index (χ0n) is 12.0. The van der Waals surface area contributed by atoms with Gasteiger partial charge >= 0.3 is 0 Å². The van der Waals surface area contributed by atoms with E-state index in [1.54, 1.807) is 7.11 Å². The van der Waals surface area contributed by atoms with Crippen molar-refractivity contribution in [1.82, 2.24) is 5.32 Å². The molecule has 6 heteroatoms. The van der Waals surface area contributed by atoms with Gasteiger partial charge < -0.3 is 20.1 Å². The second kappa shape index (κ2) is 11.5. The first kappa shape index (κ1) is 18.7. The molecule has 0 saturated heterocycles. The molecule has 114 valence electrons. The monoisotopic (exact) mass is 302 g/mol. The molecule has 1 amide bonds. The van der Waals surface area contributed by atoms with Crippen LogP contribution in [-0.2, 0) is 9.53 Å². The molecule has 0 spiro atoms. The first-order valence-electron chi connectivity index (χ1n) is 6.42. The highest BCUT2D eigenvalue weighted by molar-refractivity contribution is 5.90. The third kappa shape index (κ3) is 7.99. The smallest absolute Gasteiger partial charge is 0.224 e. The van der Waals surface area contributed by atoms with E-state index in [-0.39, 0.29) is 18.3 Å². The molecule has 0 atom stereocenters. The van der Waals surface area contributed by atoms with Gasteiger partial charge in [0.1, 0.15) is 12.4 Å². The van der Waals surface area contributed by atoms with Crippen molar-refractivity contribution in [2.45, 2.75) is 12.8 Å². The number of nitrogens with one attached hydrogen (secondary N) is 2. The fourth-order valence-electron chi connectivity index (χ4n) is 1.53. The summed E-state index contributed by atoms with van der Waals surface area (Å²) in [6.07, 6.45) is 1.35. The van der Waals surface area contributed by atoms with Crippen LogP contribution in [0.3, 0.4) is 0 Å². The summed E-state index contributed by atoms with van der Waals surface area (Å²) in [5, 5.41) is 5.86. The van der Waals surface area contributed by atoms with Crippen LogP contribution in [0.1, 0.15) is 12.8 Å². The predicted molar refractivity (Wildman–Crippen MR) is 82.9 cm³/mol. The van der Waals surface area contributed by atoms with E-state index in [4.69, 9.17) is 9.47 Å². The summed E-state index contributed by atoms with van der Waals surface area (Å²) in [7, 11) is 3.51. The third-order valence-electron chi connectivity index (χ3n) is 2.52. The molecule has 0 fully saturated rings. The molecule has 0 aromatic heterocycles. The second-order valence-electron chi connectivity index (χ2n) is 4.12. The van der Waals surface area contributed by atoms with Gasteiger partial charge in [-0.1, -0.05) is 0 Å². The maximum absolute atomic E-state index is 11.6. The summed E-state index contributed by atoms with van der Waals surface area (Å²) in [5.41, 5.74) is 0.786. The van der Waals surface area contributed by atoms with Gasteiger partial charge in [0, 0.05) is 19.2 Å². The lowest BCUT2D eigenvalue weighted by Crippen LogP contribution is -2.15. The molecule has 1 aromatic carbocycles. The third-order valence-corrected chi connectivity index (χ3v) is 2.52. The summed E-state index contributed by atoms with van der Waals surface area (Å²) >= 11 is 0. The Morgan fingerprint density at radius 1 is 1.20 bits per heavy atom. The Morgan fingerprint density at radius 3 is 2.50 bits per heavy atom. The number of anilines is 1. The first-order chi connectivity index (χ1) is 9.26. The van der Waals surface area contributed by atoms with Crippen molar-refractivity contribution in [3.8, 4) is 5.75 Å². The molecule has 1 aromatic rings. The summed E-state index contributed by atoms with van der Waals surface area (Å²) in [4.78, 5) is 11.6. The summed E-state index contributed by atoms with van der Waals surface area (Å²) < 4.78 is 10.3. The van der Waals surface area contributed by atoms with Crippen LogP contribution in [0.4, 0.5) is 5.69 Å². The van der Waals surface area contributed by atoms with Crippen LogP contribution >= 0.6 is 12.4 Å². The minimum Gasteiger partial charge on any atom is -0.491 e. The van der Waals surface area contributed by atoms with Crippen molar-refractivity contribution in [2.24, 2.45) is 0 Å². The fraction of sp³-hybridized carbons (Fsp3) is 0.500. The second-order valence-corrected chi connectivity index (χ2v) is 4.12. The topological polar surface area (TPSA) is 59.6 Å². The lowest BCUT2D eigenvalue weighted by molar-refractivity contribution is -0.116. The lowest BCUT2D eigenvalue weighted by Gasteiger charge is -2.08. The van der Waals surface area contributed by atoms with Gasteiger partial charge in [0.25, 0.3) is 0 Å². The molecule has 0 radical (unpaired) electrons. The average molecular weight is 303 g/mol. The quantitative estimate of drug-likeness (QED) is 0.686. The van der Waals surface area contributed by atoms with Crippen molar-refractivity contribution >= 4 is 24.0 Å². The molecule has 0 unspecified atom stereocenters. The Kier molecular flexibility index (Phi) is 10.8. The van der Waals surface area contributed by atoms with E-state index in [1.807, 2.05) is 31.3 Å². The number of hydrogen-bond donors (Lipinski definition) is 2. The van der Waals surface area contributed by atoms with Crippen LogP contribution < -0.4 is 15.4 Å². The minimum atomic E-state index is 0. The van der Waals surface area contributed by atoms with Gasteiger partial charge in [-0.25, -0.2) is 0 Å². The molecule has 0 aliphatic heterocycles. The number of carbonyl (C=O) groups is 1. The molecule has 0 heterocycles. The van der Waals surface area contributed by atoms with Crippen molar-refractivity contribution in [3.05, 3.63) is 24.3 Å². The number of methoxy groups -OCH3 is 1. The molecule has 0 bridgehead atoms. The number of halogens is 1. The van der Waals surface area contributed by atoms with Crippen LogP contribution in [0.25, 0.3) is 0 Å². The molecule has 0 aliphatic carbocycles. The van der Waals surface area contributed by atoms with Gasteiger partial charge in [0.05, 0.1) is 6.61 Å². The van der Waals surface area contributed by atoms with E-state index in [0.29, 0.717) is 19.6 Å². The molecule has 2 N–H and O–H groups in total. The molecule has 0 aliphatic rings. The van der Waals surface area contributed by atoms with Crippen LogP contribution in [0.2, 0.25) is 0 Å². The van der Waals surface area contributed by atoms with Gasteiger partial charge in [-0.2, -0.15) is 0 Å². The minimum absolute atomic E-state index is 0. The van der Waals surface area contributed by atoms with E-state index in [2.05, 4.69) is 10.6 Å². The van der Waals surface area contributed by atoms with E-state index in [1.165, 1.54) is 0 Å². The van der Waals surface area contributed by atoms with Gasteiger partial charge in [-0.05, 0) is 44.3 Å². The van der Waals surface area contributed by atoms with Crippen molar-refractivity contribution in [3.63, 3.8) is 0 Å². The van der Waals surface area contributed by atoms with E-state index in [0.717, 1.165) is 24.4 Å². The van der Waals surface area contributed by atoms with Gasteiger partial charge in [-0.3, -0.25) is 4.79 Å². The van der Waals surface area contributed by atoms with Crippen LogP contribution in [0.15, 0.2) is 24.3 Å². The molecule has 0 saturated carbocycles. The van der Waals surface area contributed by atoms with Crippen molar-refractivity contribution in [1.29, 1.82) is 0 Å². The van der Waals surface area contributed by atoms with E-state index >= 15 is 0 Å². The van der Waals surface area contributed by atoms with Crippen LogP contribution in [0, 0.1) is 0 Å². The zero-order valence-corrected chi connectivity index (χ0v) is 12.8. The molecule has 5 nitrogen and oxygen atoms in total. The van der Waals surface area contributed by atoms with Gasteiger partial charge in [0.2, 0.25) is 5.91 Å². The number of ether oxygens (including phenoxy) is 2. The number of rotatable bonds is 9. The Morgan fingerprint density at radius 2 is 1.90 bits per heavy atom. The first-order valence-corrected chi connectivity index (χ1v) is 6.42. The maximum atomic E-state index is 11.6. The van der Waals surface area contributed by atoms with Crippen LogP contribution in [-0.4, -0.2) is 39.8 Å². The van der Waals surface area contributed by atoms with Crippen molar-refractivity contribution in [2.75, 3.05) is 39.2 Å². The fourth-order valence-corrected chi connectivity index (χ4v) is 1.53. The standard InChI is InChI=1S/C14H22N2O3.ClH/c1-15-9-3-4-14(17)16-12-5-7-13(8-6-12)19-11-10-18-2;/h5-8,15H,3-4,9-11H2,1-2H3,(H,16,17);1H. The van der Waals surface area contributed by atoms with Crippen LogP contribution in [0.5, 0.6) is 5.75 Å². The largest absolute Gasteiger partial charge is 0.491 e. The van der Waals surface area contributed by atoms with Crippen molar-refractivity contribution < 1.29 is 14.3 Å². The normalized spacial score (nSPS) is 9.70.